The summed E-state index contributed by atoms with van der Waals surface area (Å²) >= 11 is 1.78. The molecule has 4 nitrogen and oxygen atoms in total. The Bertz CT molecular complexity index is 594. The van der Waals surface area contributed by atoms with Crippen LogP contribution >= 0.6 is 11.8 Å². The second-order valence-corrected chi connectivity index (χ2v) is 5.90. The van der Waals surface area contributed by atoms with Gasteiger partial charge in [-0.1, -0.05) is 47.3 Å². The fourth-order valence-corrected chi connectivity index (χ4v) is 3.15. The van der Waals surface area contributed by atoms with Gasteiger partial charge in [0, 0.05) is 17.9 Å². The van der Waals surface area contributed by atoms with E-state index in [1.165, 1.54) is 5.56 Å². The first-order valence-electron chi connectivity index (χ1n) is 6.69. The lowest BCUT2D eigenvalue weighted by atomic mass is 10.1. The predicted molar refractivity (Wildman–Crippen MR) is 81.9 cm³/mol. The maximum Gasteiger partial charge on any atom is 0.157 e. The van der Waals surface area contributed by atoms with Crippen molar-refractivity contribution in [3.63, 3.8) is 0 Å². The Labute approximate surface area is 122 Å². The average molecular weight is 287 g/mol. The molecule has 5 heteroatoms. The highest BCUT2D eigenvalue weighted by atomic mass is 32.2. The van der Waals surface area contributed by atoms with Crippen molar-refractivity contribution < 1.29 is 4.52 Å². The largest absolute Gasteiger partial charge is 0.361 e. The minimum Gasteiger partial charge on any atom is -0.361 e. The molecule has 0 saturated carbocycles. The summed E-state index contributed by atoms with van der Waals surface area (Å²) in [4.78, 5) is 4.54. The van der Waals surface area contributed by atoms with Gasteiger partial charge in [-0.15, -0.1) is 0 Å². The van der Waals surface area contributed by atoms with E-state index in [-0.39, 0.29) is 0 Å². The van der Waals surface area contributed by atoms with Crippen LogP contribution in [0.1, 0.15) is 17.0 Å². The summed E-state index contributed by atoms with van der Waals surface area (Å²) in [5.41, 5.74) is 2.24. The van der Waals surface area contributed by atoms with Gasteiger partial charge in [0.05, 0.1) is 6.54 Å². The molecule has 1 aromatic carbocycles. The molecule has 104 valence electrons. The number of rotatable bonds is 4. The molecule has 0 amide bonds. The van der Waals surface area contributed by atoms with Crippen molar-refractivity contribution in [1.82, 2.24) is 10.5 Å². The van der Waals surface area contributed by atoms with Gasteiger partial charge >= 0.3 is 0 Å². The molecule has 0 radical (unpaired) electrons. The van der Waals surface area contributed by atoms with E-state index in [0.717, 1.165) is 28.8 Å². The van der Waals surface area contributed by atoms with Crippen molar-refractivity contribution in [3.8, 4) is 0 Å². The van der Waals surface area contributed by atoms with E-state index in [1.807, 2.05) is 19.1 Å². The lowest BCUT2D eigenvalue weighted by Gasteiger charge is -2.09. The van der Waals surface area contributed by atoms with Gasteiger partial charge in [0.15, 0.2) is 5.17 Å². The predicted octanol–water partition coefficient (Wildman–Crippen LogP) is 2.79. The minimum atomic E-state index is 0.459. The Morgan fingerprint density at radius 2 is 2.25 bits per heavy atom. The molecule has 1 aliphatic heterocycles. The van der Waals surface area contributed by atoms with E-state index in [9.17, 15) is 0 Å². The van der Waals surface area contributed by atoms with Crippen molar-refractivity contribution in [1.29, 1.82) is 0 Å². The smallest absolute Gasteiger partial charge is 0.157 e. The molecule has 3 rings (SSSR count). The summed E-state index contributed by atoms with van der Waals surface area (Å²) in [6.07, 6.45) is 1.04. The molecule has 1 N–H and O–H groups in total. The molecule has 1 aromatic heterocycles. The van der Waals surface area contributed by atoms with Gasteiger partial charge in [-0.3, -0.25) is 4.99 Å². The fraction of sp³-hybridized carbons (Fsp3) is 0.333. The van der Waals surface area contributed by atoms with Crippen LogP contribution in [0.4, 0.5) is 0 Å². The standard InChI is InChI=1S/C15H17N3OS/c1-11-7-13(18-19-11)9-16-15-17-14(10-20-15)8-12-5-3-2-4-6-12/h2-7,14H,8-10H2,1H3,(H,16,17). The van der Waals surface area contributed by atoms with Crippen LogP contribution in [-0.2, 0) is 13.0 Å². The van der Waals surface area contributed by atoms with Crippen molar-refractivity contribution in [2.75, 3.05) is 5.75 Å². The average Bonchev–Trinajstić information content (AvgIpc) is 3.07. The highest BCUT2D eigenvalue weighted by molar-refractivity contribution is 8.14. The fourth-order valence-electron chi connectivity index (χ4n) is 2.18. The number of aryl methyl sites for hydroxylation is 1. The molecule has 1 unspecified atom stereocenters. The summed E-state index contributed by atoms with van der Waals surface area (Å²) in [6, 6.07) is 12.9. The Morgan fingerprint density at radius 3 is 3.00 bits per heavy atom. The van der Waals surface area contributed by atoms with E-state index >= 15 is 0 Å². The van der Waals surface area contributed by atoms with E-state index in [4.69, 9.17) is 4.52 Å². The molecule has 0 spiro atoms. The highest BCUT2D eigenvalue weighted by Gasteiger charge is 2.20. The molecule has 2 heterocycles. The van der Waals surface area contributed by atoms with Gasteiger partial charge in [-0.05, 0) is 18.9 Å². The normalized spacial score (nSPS) is 20.2. The second-order valence-electron chi connectivity index (χ2n) is 4.89. The number of aliphatic imine (C=N–C) groups is 1. The zero-order valence-electron chi connectivity index (χ0n) is 11.4. The monoisotopic (exact) mass is 287 g/mol. The first-order valence-corrected chi connectivity index (χ1v) is 7.68. The number of amidine groups is 1. The molecule has 1 aliphatic rings. The van der Waals surface area contributed by atoms with Crippen molar-refractivity contribution in [2.24, 2.45) is 4.99 Å². The van der Waals surface area contributed by atoms with Crippen LogP contribution in [0.2, 0.25) is 0 Å². The number of thioether (sulfide) groups is 1. The number of aromatic nitrogens is 1. The third-order valence-corrected chi connectivity index (χ3v) is 4.22. The van der Waals surface area contributed by atoms with E-state index in [2.05, 4.69) is 39.7 Å². The molecule has 0 aliphatic carbocycles. The Balaban J connectivity index is 1.54. The molecule has 2 aromatic rings. The Kier molecular flexibility index (Phi) is 4.06. The third kappa shape index (κ3) is 3.42. The van der Waals surface area contributed by atoms with Crippen LogP contribution in [0.3, 0.4) is 0 Å². The lowest BCUT2D eigenvalue weighted by Crippen LogP contribution is -2.29. The third-order valence-electron chi connectivity index (χ3n) is 3.14. The first kappa shape index (κ1) is 13.2. The minimum absolute atomic E-state index is 0.459. The summed E-state index contributed by atoms with van der Waals surface area (Å²) in [5, 5.41) is 8.42. The summed E-state index contributed by atoms with van der Waals surface area (Å²) < 4.78 is 5.03. The van der Waals surface area contributed by atoms with Gasteiger partial charge in [0.25, 0.3) is 0 Å². The first-order chi connectivity index (χ1) is 9.79. The van der Waals surface area contributed by atoms with Crippen molar-refractivity contribution in [2.45, 2.75) is 25.9 Å². The van der Waals surface area contributed by atoms with Crippen LogP contribution in [0.5, 0.6) is 0 Å². The second kappa shape index (κ2) is 6.13. The molecule has 20 heavy (non-hydrogen) atoms. The molecular weight excluding hydrogens is 270 g/mol. The van der Waals surface area contributed by atoms with Gasteiger partial charge in [0.2, 0.25) is 0 Å². The van der Waals surface area contributed by atoms with Crippen molar-refractivity contribution in [3.05, 3.63) is 53.4 Å². The number of hydrogen-bond acceptors (Lipinski definition) is 4. The molecule has 1 saturated heterocycles. The van der Waals surface area contributed by atoms with Crippen molar-refractivity contribution >= 4 is 16.9 Å². The van der Waals surface area contributed by atoms with E-state index in [0.29, 0.717) is 12.6 Å². The Morgan fingerprint density at radius 1 is 1.40 bits per heavy atom. The molecule has 1 atom stereocenters. The number of benzene rings is 1. The van der Waals surface area contributed by atoms with Gasteiger partial charge in [0.1, 0.15) is 11.5 Å². The lowest BCUT2D eigenvalue weighted by molar-refractivity contribution is 0.391. The highest BCUT2D eigenvalue weighted by Crippen LogP contribution is 2.18. The van der Waals surface area contributed by atoms with Gasteiger partial charge in [-0.2, -0.15) is 0 Å². The molecule has 0 bridgehead atoms. The zero-order valence-corrected chi connectivity index (χ0v) is 12.2. The maximum absolute atomic E-state index is 5.03. The summed E-state index contributed by atoms with van der Waals surface area (Å²) in [6.45, 7) is 2.47. The van der Waals surface area contributed by atoms with Gasteiger partial charge < -0.3 is 9.84 Å². The van der Waals surface area contributed by atoms with Crippen LogP contribution in [0.25, 0.3) is 0 Å². The summed E-state index contributed by atoms with van der Waals surface area (Å²) in [5.74, 6) is 1.89. The maximum atomic E-state index is 5.03. The van der Waals surface area contributed by atoms with Gasteiger partial charge in [-0.25, -0.2) is 0 Å². The van der Waals surface area contributed by atoms with E-state index in [1.54, 1.807) is 11.8 Å². The SMILES string of the molecule is Cc1cc(CN=C2NC(Cc3ccccc3)CS2)no1. The van der Waals surface area contributed by atoms with E-state index < -0.39 is 0 Å². The Hall–Kier alpha value is -1.75. The van der Waals surface area contributed by atoms with Crippen LogP contribution in [-0.4, -0.2) is 22.1 Å². The molecular formula is C15H17N3OS. The topological polar surface area (TPSA) is 50.4 Å². The number of nitrogens with zero attached hydrogens (tertiary/aromatic N) is 2. The quantitative estimate of drug-likeness (QED) is 0.939. The van der Waals surface area contributed by atoms with Crippen LogP contribution < -0.4 is 5.32 Å². The van der Waals surface area contributed by atoms with Crippen LogP contribution in [0, 0.1) is 6.92 Å². The van der Waals surface area contributed by atoms with Crippen LogP contribution in [0.15, 0.2) is 45.9 Å². The summed E-state index contributed by atoms with van der Waals surface area (Å²) in [7, 11) is 0. The number of nitrogens with one attached hydrogen (secondary N) is 1. The zero-order chi connectivity index (χ0) is 13.8. The number of hydrogen-bond donors (Lipinski definition) is 1. The molecule has 1 fully saturated rings.